The zero-order chi connectivity index (χ0) is 11.0. The van der Waals surface area contributed by atoms with E-state index in [1.165, 1.54) is 0 Å². The fraction of sp³-hybridized carbons (Fsp3) is 0.462. The smallest absolute Gasteiger partial charge is 0.137 e. The molecule has 14 heavy (non-hydrogen) atoms. The van der Waals surface area contributed by atoms with E-state index in [9.17, 15) is 4.79 Å². The molecule has 78 valence electrons. The van der Waals surface area contributed by atoms with E-state index >= 15 is 0 Å². The van der Waals surface area contributed by atoms with Gasteiger partial charge in [0, 0.05) is 12.8 Å². The fourth-order valence-electron chi connectivity index (χ4n) is 1.11. The third kappa shape index (κ3) is 4.80. The lowest BCUT2D eigenvalue weighted by molar-refractivity contribution is -0.118. The summed E-state index contributed by atoms with van der Waals surface area (Å²) in [7, 11) is 0. The van der Waals surface area contributed by atoms with Gasteiger partial charge in [0.2, 0.25) is 0 Å². The Bertz CT molecular complexity index is 256. The van der Waals surface area contributed by atoms with Crippen LogP contribution in [0.25, 0.3) is 0 Å². The van der Waals surface area contributed by atoms with Crippen LogP contribution in [-0.2, 0) is 4.79 Å². The third-order valence-corrected chi connectivity index (χ3v) is 2.14. The van der Waals surface area contributed by atoms with E-state index in [1.807, 2.05) is 13.8 Å². The highest BCUT2D eigenvalue weighted by Gasteiger charge is 2.02. The summed E-state index contributed by atoms with van der Waals surface area (Å²) in [6.45, 7) is 9.73. The van der Waals surface area contributed by atoms with Crippen molar-refractivity contribution in [3.63, 3.8) is 0 Å². The molecule has 0 N–H and O–H groups in total. The van der Waals surface area contributed by atoms with Gasteiger partial charge in [0.15, 0.2) is 0 Å². The summed E-state index contributed by atoms with van der Waals surface area (Å²) in [5, 5.41) is 0. The van der Waals surface area contributed by atoms with E-state index in [-0.39, 0.29) is 5.78 Å². The molecular weight excluding hydrogens is 172 g/mol. The van der Waals surface area contributed by atoms with E-state index < -0.39 is 0 Å². The summed E-state index contributed by atoms with van der Waals surface area (Å²) in [6.07, 6.45) is 8.06. The molecule has 0 aliphatic carbocycles. The normalized spacial score (nSPS) is 12.8. The van der Waals surface area contributed by atoms with Crippen LogP contribution >= 0.6 is 0 Å². The van der Waals surface area contributed by atoms with Crippen molar-refractivity contribution in [2.45, 2.75) is 40.0 Å². The van der Waals surface area contributed by atoms with Crippen molar-refractivity contribution < 1.29 is 4.79 Å². The molecule has 0 aliphatic rings. The third-order valence-electron chi connectivity index (χ3n) is 2.14. The molecule has 0 unspecified atom stereocenters. The lowest BCUT2D eigenvalue weighted by Crippen LogP contribution is -1.97. The van der Waals surface area contributed by atoms with Crippen molar-refractivity contribution in [2.24, 2.45) is 0 Å². The predicted molar refractivity (Wildman–Crippen MR) is 62.2 cm³/mol. The van der Waals surface area contributed by atoms with Gasteiger partial charge in [-0.1, -0.05) is 38.7 Å². The second kappa shape index (κ2) is 7.31. The standard InChI is InChI=1S/C13H20O/c1-5-8-9-11(4)12(6-2)10-13(14)7-3/h6,8-9H,2,5,7,10H2,1,3-4H3/b9-8-,12-11+. The minimum Gasteiger partial charge on any atom is -0.299 e. The van der Waals surface area contributed by atoms with Crippen LogP contribution in [0.15, 0.2) is 36.0 Å². The average molecular weight is 192 g/mol. The number of ketones is 1. The number of Topliss-reactive ketones (excluding diaryl/α,β-unsaturated/α-hetero) is 1. The van der Waals surface area contributed by atoms with E-state index in [1.54, 1.807) is 6.08 Å². The molecule has 0 aromatic carbocycles. The Morgan fingerprint density at radius 2 is 2.00 bits per heavy atom. The number of hydrogen-bond acceptors (Lipinski definition) is 1. The SMILES string of the molecule is C=C/C(CC(=O)CC)=C(C)\C=C/CC. The van der Waals surface area contributed by atoms with Gasteiger partial charge in [-0.25, -0.2) is 0 Å². The molecule has 1 nitrogen and oxygen atoms in total. The zero-order valence-electron chi connectivity index (χ0n) is 9.47. The molecule has 0 spiro atoms. The van der Waals surface area contributed by atoms with Crippen molar-refractivity contribution in [2.75, 3.05) is 0 Å². The molecule has 0 radical (unpaired) electrons. The summed E-state index contributed by atoms with van der Waals surface area (Å²) in [5.74, 6) is 0.268. The van der Waals surface area contributed by atoms with Crippen LogP contribution < -0.4 is 0 Å². The Hall–Kier alpha value is -1.11. The fourth-order valence-corrected chi connectivity index (χ4v) is 1.11. The van der Waals surface area contributed by atoms with E-state index in [4.69, 9.17) is 0 Å². The van der Waals surface area contributed by atoms with Crippen LogP contribution in [0.1, 0.15) is 40.0 Å². The zero-order valence-corrected chi connectivity index (χ0v) is 9.47. The average Bonchev–Trinajstić information content (AvgIpc) is 2.21. The second-order valence-electron chi connectivity index (χ2n) is 3.29. The van der Waals surface area contributed by atoms with Crippen LogP contribution in [0.5, 0.6) is 0 Å². The Labute approximate surface area is 87.2 Å². The summed E-state index contributed by atoms with van der Waals surface area (Å²) in [6, 6.07) is 0. The Morgan fingerprint density at radius 3 is 2.43 bits per heavy atom. The van der Waals surface area contributed by atoms with Crippen molar-refractivity contribution in [1.29, 1.82) is 0 Å². The van der Waals surface area contributed by atoms with Crippen LogP contribution in [0, 0.1) is 0 Å². The molecule has 1 heteroatoms. The van der Waals surface area contributed by atoms with Crippen LogP contribution in [0.4, 0.5) is 0 Å². The number of carbonyl (C=O) groups is 1. The highest BCUT2D eigenvalue weighted by Crippen LogP contribution is 2.12. The summed E-state index contributed by atoms with van der Waals surface area (Å²) >= 11 is 0. The molecule has 0 aliphatic heterocycles. The maximum atomic E-state index is 11.3. The van der Waals surface area contributed by atoms with Gasteiger partial charge in [0.1, 0.15) is 5.78 Å². The predicted octanol–water partition coefficient (Wildman–Crippen LogP) is 3.82. The second-order valence-corrected chi connectivity index (χ2v) is 3.29. The van der Waals surface area contributed by atoms with E-state index in [0.717, 1.165) is 17.6 Å². The van der Waals surface area contributed by atoms with Gasteiger partial charge in [0.05, 0.1) is 0 Å². The van der Waals surface area contributed by atoms with Gasteiger partial charge >= 0.3 is 0 Å². The minimum absolute atomic E-state index is 0.268. The van der Waals surface area contributed by atoms with E-state index in [0.29, 0.717) is 12.8 Å². The van der Waals surface area contributed by atoms with Gasteiger partial charge in [-0.05, 0) is 24.5 Å². The quantitative estimate of drug-likeness (QED) is 0.585. The van der Waals surface area contributed by atoms with Gasteiger partial charge in [-0.2, -0.15) is 0 Å². The number of hydrogen-bond donors (Lipinski definition) is 0. The Morgan fingerprint density at radius 1 is 1.36 bits per heavy atom. The first-order chi connectivity index (χ1) is 6.65. The lowest BCUT2D eigenvalue weighted by atomic mass is 10.0. The van der Waals surface area contributed by atoms with Crippen LogP contribution in [0.3, 0.4) is 0 Å². The molecule has 0 aromatic heterocycles. The molecule has 0 aromatic rings. The number of carbonyl (C=O) groups excluding carboxylic acids is 1. The molecule has 0 bridgehead atoms. The number of allylic oxidation sites excluding steroid dienone is 5. The summed E-state index contributed by atoms with van der Waals surface area (Å²) in [5.41, 5.74) is 2.19. The summed E-state index contributed by atoms with van der Waals surface area (Å²) in [4.78, 5) is 11.3. The maximum absolute atomic E-state index is 11.3. The molecule has 0 saturated heterocycles. The monoisotopic (exact) mass is 192 g/mol. The highest BCUT2D eigenvalue weighted by molar-refractivity contribution is 5.81. The molecular formula is C13H20O. The Balaban J connectivity index is 4.58. The van der Waals surface area contributed by atoms with Crippen LogP contribution in [0.2, 0.25) is 0 Å². The molecule has 0 fully saturated rings. The Kier molecular flexibility index (Phi) is 6.73. The van der Waals surface area contributed by atoms with Gasteiger partial charge in [0.25, 0.3) is 0 Å². The summed E-state index contributed by atoms with van der Waals surface area (Å²) < 4.78 is 0. The van der Waals surface area contributed by atoms with Crippen LogP contribution in [-0.4, -0.2) is 5.78 Å². The first-order valence-electron chi connectivity index (χ1n) is 5.16. The van der Waals surface area contributed by atoms with Crippen molar-refractivity contribution in [3.8, 4) is 0 Å². The molecule has 0 atom stereocenters. The lowest BCUT2D eigenvalue weighted by Gasteiger charge is -2.03. The van der Waals surface area contributed by atoms with Gasteiger partial charge in [-0.15, -0.1) is 0 Å². The molecule has 0 heterocycles. The first kappa shape index (κ1) is 12.9. The number of rotatable bonds is 6. The van der Waals surface area contributed by atoms with Gasteiger partial charge < -0.3 is 0 Å². The minimum atomic E-state index is 0.268. The molecule has 0 saturated carbocycles. The first-order valence-corrected chi connectivity index (χ1v) is 5.16. The van der Waals surface area contributed by atoms with Crippen molar-refractivity contribution in [1.82, 2.24) is 0 Å². The van der Waals surface area contributed by atoms with Crippen molar-refractivity contribution in [3.05, 3.63) is 36.0 Å². The van der Waals surface area contributed by atoms with E-state index in [2.05, 4.69) is 25.7 Å². The topological polar surface area (TPSA) is 17.1 Å². The van der Waals surface area contributed by atoms with Gasteiger partial charge in [-0.3, -0.25) is 4.79 Å². The highest BCUT2D eigenvalue weighted by atomic mass is 16.1. The molecule has 0 amide bonds. The van der Waals surface area contributed by atoms with Crippen molar-refractivity contribution >= 4 is 5.78 Å². The largest absolute Gasteiger partial charge is 0.299 e. The maximum Gasteiger partial charge on any atom is 0.137 e. The molecule has 0 rings (SSSR count).